The Morgan fingerprint density at radius 3 is 2.92 bits per heavy atom. The molecule has 122 valence electrons. The lowest BCUT2D eigenvalue weighted by Gasteiger charge is -2.22. The van der Waals surface area contributed by atoms with Crippen molar-refractivity contribution in [3.8, 4) is 0 Å². The third-order valence-corrected chi connectivity index (χ3v) is 4.84. The Bertz CT molecular complexity index is 865. The molecule has 0 radical (unpaired) electrons. The van der Waals surface area contributed by atoms with Crippen molar-refractivity contribution in [1.29, 1.82) is 0 Å². The number of rotatable bonds is 4. The van der Waals surface area contributed by atoms with Gasteiger partial charge < -0.3 is 9.73 Å². The van der Waals surface area contributed by atoms with Gasteiger partial charge in [0.1, 0.15) is 5.76 Å². The number of fused-ring (bicyclic) bond motifs is 2. The summed E-state index contributed by atoms with van der Waals surface area (Å²) in [5.74, 6) is 1.14. The van der Waals surface area contributed by atoms with Crippen molar-refractivity contribution >= 4 is 16.7 Å². The van der Waals surface area contributed by atoms with E-state index in [2.05, 4.69) is 35.6 Å². The first-order chi connectivity index (χ1) is 11.8. The van der Waals surface area contributed by atoms with Crippen molar-refractivity contribution in [3.05, 3.63) is 71.7 Å². The van der Waals surface area contributed by atoms with Gasteiger partial charge in [-0.15, -0.1) is 0 Å². The maximum Gasteiger partial charge on any atom is 0.220 e. The first kappa shape index (κ1) is 15.0. The highest BCUT2D eigenvalue weighted by molar-refractivity contribution is 5.83. The third kappa shape index (κ3) is 3.07. The summed E-state index contributed by atoms with van der Waals surface area (Å²) in [5.41, 5.74) is 2.36. The molecule has 24 heavy (non-hydrogen) atoms. The van der Waals surface area contributed by atoms with Crippen LogP contribution in [0.1, 0.15) is 42.2 Å². The maximum atomic E-state index is 12.3. The second kappa shape index (κ2) is 6.52. The summed E-state index contributed by atoms with van der Waals surface area (Å²) in [5, 5.41) is 5.63. The van der Waals surface area contributed by atoms with Crippen LogP contribution >= 0.6 is 0 Å². The van der Waals surface area contributed by atoms with Gasteiger partial charge in [-0.05, 0) is 41.7 Å². The van der Waals surface area contributed by atoms with Crippen LogP contribution in [0.25, 0.3) is 10.8 Å². The third-order valence-electron chi connectivity index (χ3n) is 4.84. The molecule has 0 bridgehead atoms. The summed E-state index contributed by atoms with van der Waals surface area (Å²) >= 11 is 0. The Hall–Kier alpha value is -2.55. The van der Waals surface area contributed by atoms with Crippen LogP contribution in [0, 0.1) is 0 Å². The first-order valence-corrected chi connectivity index (χ1v) is 8.63. The van der Waals surface area contributed by atoms with Crippen LogP contribution in [-0.4, -0.2) is 5.91 Å². The fraction of sp³-hybridized carbons (Fsp3) is 0.286. The molecule has 0 fully saturated rings. The van der Waals surface area contributed by atoms with E-state index in [4.69, 9.17) is 4.42 Å². The Morgan fingerprint density at radius 2 is 2.00 bits per heavy atom. The highest BCUT2D eigenvalue weighted by Crippen LogP contribution is 2.30. The molecule has 1 heterocycles. The molecule has 1 aromatic heterocycles. The monoisotopic (exact) mass is 319 g/mol. The van der Waals surface area contributed by atoms with Gasteiger partial charge in [0.2, 0.25) is 5.91 Å². The van der Waals surface area contributed by atoms with Crippen LogP contribution in [0.4, 0.5) is 0 Å². The Labute approximate surface area is 141 Å². The molecule has 1 unspecified atom stereocenters. The lowest BCUT2D eigenvalue weighted by Crippen LogP contribution is -2.30. The Morgan fingerprint density at radius 1 is 1.12 bits per heavy atom. The highest BCUT2D eigenvalue weighted by Gasteiger charge is 2.23. The molecule has 2 aromatic carbocycles. The lowest BCUT2D eigenvalue weighted by molar-refractivity contribution is -0.121. The molecule has 0 saturated carbocycles. The minimum Gasteiger partial charge on any atom is -0.469 e. The molecule has 3 heteroatoms. The van der Waals surface area contributed by atoms with Gasteiger partial charge in [0.05, 0.1) is 12.3 Å². The average molecular weight is 319 g/mol. The fourth-order valence-electron chi connectivity index (χ4n) is 3.56. The fourth-order valence-corrected chi connectivity index (χ4v) is 3.56. The number of furan rings is 1. The second-order valence-corrected chi connectivity index (χ2v) is 6.49. The van der Waals surface area contributed by atoms with Gasteiger partial charge in [-0.1, -0.05) is 42.5 Å². The zero-order valence-electron chi connectivity index (χ0n) is 13.6. The zero-order valence-corrected chi connectivity index (χ0v) is 13.6. The molecular weight excluding hydrogens is 298 g/mol. The number of benzene rings is 2. The van der Waals surface area contributed by atoms with Gasteiger partial charge in [0, 0.05) is 18.4 Å². The number of hydrogen-bond donors (Lipinski definition) is 1. The molecule has 3 nitrogen and oxygen atoms in total. The van der Waals surface area contributed by atoms with Gasteiger partial charge in [-0.25, -0.2) is 0 Å². The minimum atomic E-state index is 0.108. The van der Waals surface area contributed by atoms with Crippen molar-refractivity contribution in [2.45, 2.75) is 38.1 Å². The van der Waals surface area contributed by atoms with E-state index in [0.717, 1.165) is 37.0 Å². The van der Waals surface area contributed by atoms with Crippen LogP contribution in [0.3, 0.4) is 0 Å². The molecule has 1 aliphatic rings. The smallest absolute Gasteiger partial charge is 0.220 e. The molecule has 0 spiro atoms. The number of amides is 1. The van der Waals surface area contributed by atoms with Crippen molar-refractivity contribution in [2.75, 3.05) is 0 Å². The normalized spacial score (nSPS) is 16.8. The van der Waals surface area contributed by atoms with Crippen LogP contribution in [0.5, 0.6) is 0 Å². The van der Waals surface area contributed by atoms with Gasteiger partial charge in [-0.2, -0.15) is 0 Å². The van der Waals surface area contributed by atoms with E-state index in [9.17, 15) is 4.79 Å². The summed E-state index contributed by atoms with van der Waals surface area (Å²) < 4.78 is 5.49. The van der Waals surface area contributed by atoms with Gasteiger partial charge in [0.15, 0.2) is 0 Å². The van der Waals surface area contributed by atoms with Crippen molar-refractivity contribution < 1.29 is 9.21 Å². The molecule has 0 saturated heterocycles. The Kier molecular flexibility index (Phi) is 4.08. The van der Waals surface area contributed by atoms with Crippen molar-refractivity contribution in [3.63, 3.8) is 0 Å². The maximum absolute atomic E-state index is 12.3. The molecule has 4 rings (SSSR count). The topological polar surface area (TPSA) is 42.2 Å². The van der Waals surface area contributed by atoms with E-state index in [-0.39, 0.29) is 11.9 Å². The van der Waals surface area contributed by atoms with E-state index in [1.54, 1.807) is 6.26 Å². The van der Waals surface area contributed by atoms with E-state index in [1.807, 2.05) is 18.2 Å². The standard InChI is InChI=1S/C21H21NO2/c23-21(22-19-6-3-7-20-18(19)12-13-24-20)11-9-15-8-10-16-4-1-2-5-17(16)14-15/h1-2,4-5,8,10,12-14,19H,3,6-7,9,11H2,(H,22,23). The second-order valence-electron chi connectivity index (χ2n) is 6.49. The van der Waals surface area contributed by atoms with Gasteiger partial charge in [-0.3, -0.25) is 4.79 Å². The van der Waals surface area contributed by atoms with Crippen LogP contribution in [0.2, 0.25) is 0 Å². The van der Waals surface area contributed by atoms with Crippen molar-refractivity contribution in [1.82, 2.24) is 5.32 Å². The summed E-state index contributed by atoms with van der Waals surface area (Å²) in [7, 11) is 0. The van der Waals surface area contributed by atoms with E-state index in [0.29, 0.717) is 6.42 Å². The predicted molar refractivity (Wildman–Crippen MR) is 94.8 cm³/mol. The van der Waals surface area contributed by atoms with Gasteiger partial charge >= 0.3 is 0 Å². The summed E-state index contributed by atoms with van der Waals surface area (Å²) in [4.78, 5) is 12.3. The zero-order chi connectivity index (χ0) is 16.4. The number of carbonyl (C=O) groups excluding carboxylic acids is 1. The molecular formula is C21H21NO2. The number of hydrogen-bond acceptors (Lipinski definition) is 2. The lowest BCUT2D eigenvalue weighted by atomic mass is 9.93. The number of nitrogens with one attached hydrogen (secondary N) is 1. The minimum absolute atomic E-state index is 0.108. The summed E-state index contributed by atoms with van der Waals surface area (Å²) in [6, 6.07) is 16.8. The Balaban J connectivity index is 1.38. The quantitative estimate of drug-likeness (QED) is 0.766. The van der Waals surface area contributed by atoms with E-state index in [1.165, 1.54) is 16.3 Å². The van der Waals surface area contributed by atoms with Crippen LogP contribution in [0.15, 0.2) is 59.2 Å². The van der Waals surface area contributed by atoms with Crippen LogP contribution in [-0.2, 0) is 17.6 Å². The summed E-state index contributed by atoms with van der Waals surface area (Å²) in [6.45, 7) is 0. The van der Waals surface area contributed by atoms with Crippen molar-refractivity contribution in [2.24, 2.45) is 0 Å². The van der Waals surface area contributed by atoms with Crippen LogP contribution < -0.4 is 5.32 Å². The molecule has 1 atom stereocenters. The summed E-state index contributed by atoms with van der Waals surface area (Å²) in [6.07, 6.45) is 6.05. The van der Waals surface area contributed by atoms with Gasteiger partial charge in [0.25, 0.3) is 0 Å². The molecule has 1 N–H and O–H groups in total. The highest BCUT2D eigenvalue weighted by atomic mass is 16.3. The molecule has 3 aromatic rings. The molecule has 1 amide bonds. The number of aryl methyl sites for hydroxylation is 2. The first-order valence-electron chi connectivity index (χ1n) is 8.63. The SMILES string of the molecule is O=C(CCc1ccc2ccccc2c1)NC1CCCc2occc21. The number of carbonyl (C=O) groups is 1. The van der Waals surface area contributed by atoms with E-state index < -0.39 is 0 Å². The van der Waals surface area contributed by atoms with E-state index >= 15 is 0 Å². The molecule has 1 aliphatic carbocycles. The molecule has 0 aliphatic heterocycles. The largest absolute Gasteiger partial charge is 0.469 e. The predicted octanol–water partition coefficient (Wildman–Crippen LogP) is 4.56. The average Bonchev–Trinajstić information content (AvgIpc) is 3.10.